The van der Waals surface area contributed by atoms with Gasteiger partial charge in [-0.25, -0.2) is 0 Å². The van der Waals surface area contributed by atoms with Gasteiger partial charge in [0.25, 0.3) is 5.69 Å². The van der Waals surface area contributed by atoms with Crippen LogP contribution in [0.15, 0.2) is 48.5 Å². The smallest absolute Gasteiger partial charge is 0.269 e. The van der Waals surface area contributed by atoms with E-state index in [-0.39, 0.29) is 22.6 Å². The van der Waals surface area contributed by atoms with Crippen molar-refractivity contribution in [2.75, 3.05) is 37.6 Å². The molecule has 7 nitrogen and oxygen atoms in total. The Morgan fingerprint density at radius 3 is 2.24 bits per heavy atom. The van der Waals surface area contributed by atoms with Gasteiger partial charge in [-0.2, -0.15) is 0 Å². The molecule has 3 rings (SSSR count). The average Bonchev–Trinajstić information content (AvgIpc) is 2.74. The normalized spacial score (nSPS) is 15.7. The van der Waals surface area contributed by atoms with Crippen LogP contribution < -0.4 is 10.2 Å². The van der Waals surface area contributed by atoms with E-state index in [0.29, 0.717) is 6.54 Å². The lowest BCUT2D eigenvalue weighted by molar-refractivity contribution is -0.384. The number of piperazine rings is 1. The maximum absolute atomic E-state index is 12.4. The van der Waals surface area contributed by atoms with Crippen molar-refractivity contribution in [2.45, 2.75) is 26.3 Å². The monoisotopic (exact) mass is 396 g/mol. The molecule has 0 unspecified atom stereocenters. The molecule has 0 bridgehead atoms. The molecule has 7 heteroatoms. The first-order valence-corrected chi connectivity index (χ1v) is 10.1. The molecule has 2 aromatic rings. The number of hydrogen-bond donors (Lipinski definition) is 1. The molecule has 1 heterocycles. The summed E-state index contributed by atoms with van der Waals surface area (Å²) in [5.74, 6) is 0.0286. The number of rotatable bonds is 7. The van der Waals surface area contributed by atoms with Crippen LogP contribution in [0.3, 0.4) is 0 Å². The Morgan fingerprint density at radius 1 is 1.07 bits per heavy atom. The minimum absolute atomic E-state index is 0.0187. The Bertz CT molecular complexity index is 828. The number of carbonyl (C=O) groups is 1. The Kier molecular flexibility index (Phi) is 6.82. The van der Waals surface area contributed by atoms with Crippen molar-refractivity contribution >= 4 is 17.3 Å². The second-order valence-corrected chi connectivity index (χ2v) is 7.42. The van der Waals surface area contributed by atoms with Crippen molar-refractivity contribution in [3.05, 3.63) is 69.8 Å². The molecule has 0 radical (unpaired) electrons. The lowest BCUT2D eigenvalue weighted by Crippen LogP contribution is -2.49. The zero-order valence-electron chi connectivity index (χ0n) is 17.0. The second kappa shape index (κ2) is 9.52. The summed E-state index contributed by atoms with van der Waals surface area (Å²) in [6.45, 7) is 7.66. The second-order valence-electron chi connectivity index (χ2n) is 7.42. The van der Waals surface area contributed by atoms with Crippen LogP contribution in [0.1, 0.15) is 31.0 Å². The van der Waals surface area contributed by atoms with Gasteiger partial charge in [-0.15, -0.1) is 0 Å². The Morgan fingerprint density at radius 2 is 1.69 bits per heavy atom. The summed E-state index contributed by atoms with van der Waals surface area (Å²) >= 11 is 0. The van der Waals surface area contributed by atoms with Gasteiger partial charge in [0.2, 0.25) is 5.91 Å². The first-order valence-electron chi connectivity index (χ1n) is 10.1. The Balaban J connectivity index is 1.45. The van der Waals surface area contributed by atoms with Crippen molar-refractivity contribution < 1.29 is 9.72 Å². The lowest BCUT2D eigenvalue weighted by Gasteiger charge is -2.35. The van der Waals surface area contributed by atoms with Gasteiger partial charge < -0.3 is 10.2 Å². The molecule has 0 aliphatic carbocycles. The van der Waals surface area contributed by atoms with Gasteiger partial charge in [0, 0.05) is 44.0 Å². The third kappa shape index (κ3) is 5.54. The summed E-state index contributed by atoms with van der Waals surface area (Å²) < 4.78 is 0. The number of nitro groups is 1. The maximum atomic E-state index is 12.4. The first-order chi connectivity index (χ1) is 14.0. The third-order valence-electron chi connectivity index (χ3n) is 5.43. The summed E-state index contributed by atoms with van der Waals surface area (Å²) in [5, 5.41) is 13.9. The SMILES string of the molecule is CCc1ccc([C@@H](C)NC(=O)CN2CCN(c3ccc([N+](=O)[O-])cc3)CC2)cc1. The van der Waals surface area contributed by atoms with Crippen LogP contribution in [0.5, 0.6) is 0 Å². The highest BCUT2D eigenvalue weighted by Crippen LogP contribution is 2.20. The maximum Gasteiger partial charge on any atom is 0.269 e. The van der Waals surface area contributed by atoms with Gasteiger partial charge >= 0.3 is 0 Å². The third-order valence-corrected chi connectivity index (χ3v) is 5.43. The highest BCUT2D eigenvalue weighted by Gasteiger charge is 2.20. The predicted molar refractivity (Wildman–Crippen MR) is 114 cm³/mol. The van der Waals surface area contributed by atoms with E-state index in [4.69, 9.17) is 0 Å². The van der Waals surface area contributed by atoms with Gasteiger partial charge in [0.1, 0.15) is 0 Å². The van der Waals surface area contributed by atoms with Crippen molar-refractivity contribution in [1.29, 1.82) is 0 Å². The van der Waals surface area contributed by atoms with Crippen molar-refractivity contribution in [1.82, 2.24) is 10.2 Å². The van der Waals surface area contributed by atoms with Gasteiger partial charge in [0.15, 0.2) is 0 Å². The number of hydrogen-bond acceptors (Lipinski definition) is 5. The number of aryl methyl sites for hydroxylation is 1. The predicted octanol–water partition coefficient (Wildman–Crippen LogP) is 3.16. The van der Waals surface area contributed by atoms with Crippen LogP contribution in [0, 0.1) is 10.1 Å². The highest BCUT2D eigenvalue weighted by atomic mass is 16.6. The standard InChI is InChI=1S/C22H28N4O3/c1-3-18-4-6-19(7-5-18)17(2)23-22(27)16-24-12-14-25(15-13-24)20-8-10-21(11-9-20)26(28)29/h4-11,17H,3,12-16H2,1-2H3,(H,23,27)/t17-/m1/s1. The quantitative estimate of drug-likeness (QED) is 0.575. The van der Waals surface area contributed by atoms with Gasteiger partial charge in [-0.3, -0.25) is 19.8 Å². The number of anilines is 1. The van der Waals surface area contributed by atoms with E-state index in [1.165, 1.54) is 17.7 Å². The van der Waals surface area contributed by atoms with E-state index in [9.17, 15) is 14.9 Å². The largest absolute Gasteiger partial charge is 0.369 e. The molecule has 1 amide bonds. The van der Waals surface area contributed by atoms with E-state index in [2.05, 4.69) is 46.3 Å². The molecule has 0 saturated carbocycles. The molecule has 1 aliphatic heterocycles. The van der Waals surface area contributed by atoms with E-state index in [1.807, 2.05) is 6.92 Å². The molecule has 1 N–H and O–H groups in total. The van der Waals surface area contributed by atoms with Crippen molar-refractivity contribution in [3.8, 4) is 0 Å². The number of nitrogens with zero attached hydrogens (tertiary/aromatic N) is 3. The summed E-state index contributed by atoms with van der Waals surface area (Å²) in [7, 11) is 0. The molecular weight excluding hydrogens is 368 g/mol. The molecule has 0 aromatic heterocycles. The van der Waals surface area contributed by atoms with E-state index in [1.54, 1.807) is 12.1 Å². The van der Waals surface area contributed by atoms with Gasteiger partial charge in [-0.1, -0.05) is 31.2 Å². The fraction of sp³-hybridized carbons (Fsp3) is 0.409. The zero-order chi connectivity index (χ0) is 20.8. The van der Waals surface area contributed by atoms with Crippen LogP contribution in [-0.2, 0) is 11.2 Å². The fourth-order valence-corrected chi connectivity index (χ4v) is 3.56. The summed E-state index contributed by atoms with van der Waals surface area (Å²) in [5.41, 5.74) is 3.48. The topological polar surface area (TPSA) is 78.7 Å². The molecule has 1 aliphatic rings. The van der Waals surface area contributed by atoms with E-state index in [0.717, 1.165) is 43.9 Å². The van der Waals surface area contributed by atoms with E-state index >= 15 is 0 Å². The van der Waals surface area contributed by atoms with Crippen molar-refractivity contribution in [3.63, 3.8) is 0 Å². The van der Waals surface area contributed by atoms with Crippen molar-refractivity contribution in [2.24, 2.45) is 0 Å². The van der Waals surface area contributed by atoms with E-state index < -0.39 is 0 Å². The Hall–Kier alpha value is -2.93. The zero-order valence-corrected chi connectivity index (χ0v) is 17.0. The number of carbonyl (C=O) groups excluding carboxylic acids is 1. The van der Waals surface area contributed by atoms with Gasteiger partial charge in [0.05, 0.1) is 17.5 Å². The summed E-state index contributed by atoms with van der Waals surface area (Å²) in [4.78, 5) is 27.2. The number of nitro benzene ring substituents is 1. The number of nitrogens with one attached hydrogen (secondary N) is 1. The van der Waals surface area contributed by atoms with Gasteiger partial charge in [-0.05, 0) is 36.6 Å². The molecule has 2 aromatic carbocycles. The number of amides is 1. The highest BCUT2D eigenvalue weighted by molar-refractivity contribution is 5.78. The molecule has 1 fully saturated rings. The molecule has 29 heavy (non-hydrogen) atoms. The number of non-ortho nitro benzene ring substituents is 1. The van der Waals surface area contributed by atoms with Crippen LogP contribution in [0.4, 0.5) is 11.4 Å². The molecule has 1 atom stereocenters. The minimum atomic E-state index is -0.389. The Labute approximate surface area is 171 Å². The minimum Gasteiger partial charge on any atom is -0.369 e. The van der Waals surface area contributed by atoms with Crippen LogP contribution in [0.2, 0.25) is 0 Å². The molecule has 154 valence electrons. The first kappa shape index (κ1) is 20.8. The van der Waals surface area contributed by atoms with Crippen LogP contribution >= 0.6 is 0 Å². The van der Waals surface area contributed by atoms with Crippen LogP contribution in [-0.4, -0.2) is 48.5 Å². The lowest BCUT2D eigenvalue weighted by atomic mass is 10.1. The number of benzene rings is 2. The summed E-state index contributed by atoms with van der Waals surface area (Å²) in [6, 6.07) is 15.0. The molecule has 1 saturated heterocycles. The van der Waals surface area contributed by atoms with Crippen LogP contribution in [0.25, 0.3) is 0 Å². The fourth-order valence-electron chi connectivity index (χ4n) is 3.56. The average molecular weight is 396 g/mol. The molecular formula is C22H28N4O3. The molecule has 0 spiro atoms. The summed E-state index contributed by atoms with van der Waals surface area (Å²) in [6.07, 6.45) is 1.01.